The van der Waals surface area contributed by atoms with Gasteiger partial charge < -0.3 is 0 Å². The molecule has 0 atom stereocenters. The first-order valence-electron chi connectivity index (χ1n) is 5.46. The Morgan fingerprint density at radius 1 is 1.17 bits per heavy atom. The van der Waals surface area contributed by atoms with E-state index in [1.807, 2.05) is 0 Å². The Hall–Kier alpha value is -1.94. The number of rotatable bonds is 2. The van der Waals surface area contributed by atoms with Crippen molar-refractivity contribution in [3.63, 3.8) is 0 Å². The highest BCUT2D eigenvalue weighted by molar-refractivity contribution is 6.29. The minimum atomic E-state index is -0.240. The van der Waals surface area contributed by atoms with Gasteiger partial charge >= 0.3 is 0 Å². The fourth-order valence-electron chi connectivity index (χ4n) is 1.83. The van der Waals surface area contributed by atoms with Crippen molar-refractivity contribution < 1.29 is 4.39 Å². The third-order valence-electron chi connectivity index (χ3n) is 2.67. The van der Waals surface area contributed by atoms with E-state index in [-0.39, 0.29) is 5.82 Å². The highest BCUT2D eigenvalue weighted by Crippen LogP contribution is 2.15. The molecular formula is C13H9ClFN3. The second kappa shape index (κ2) is 4.38. The molecular weight excluding hydrogens is 253 g/mol. The van der Waals surface area contributed by atoms with Crippen LogP contribution < -0.4 is 0 Å². The van der Waals surface area contributed by atoms with Crippen molar-refractivity contribution in [1.29, 1.82) is 0 Å². The first-order valence-corrected chi connectivity index (χ1v) is 5.84. The lowest BCUT2D eigenvalue weighted by molar-refractivity contribution is 0.627. The van der Waals surface area contributed by atoms with Crippen molar-refractivity contribution in [2.24, 2.45) is 0 Å². The number of benzene rings is 1. The molecule has 0 saturated heterocycles. The van der Waals surface area contributed by atoms with Crippen LogP contribution in [0.5, 0.6) is 0 Å². The molecule has 18 heavy (non-hydrogen) atoms. The molecule has 0 spiro atoms. The van der Waals surface area contributed by atoms with Crippen LogP contribution in [0.2, 0.25) is 5.15 Å². The summed E-state index contributed by atoms with van der Waals surface area (Å²) in [5.41, 5.74) is 2.53. The molecule has 0 bridgehead atoms. The lowest BCUT2D eigenvalue weighted by atomic mass is 10.1. The van der Waals surface area contributed by atoms with Crippen LogP contribution in [0.15, 0.2) is 42.6 Å². The minimum Gasteiger partial charge on any atom is -0.233 e. The Bertz CT molecular complexity index is 691. The lowest BCUT2D eigenvalue weighted by Gasteiger charge is -2.03. The van der Waals surface area contributed by atoms with E-state index in [1.165, 1.54) is 12.1 Å². The first kappa shape index (κ1) is 11.2. The molecule has 0 aliphatic carbocycles. The van der Waals surface area contributed by atoms with Gasteiger partial charge in [0, 0.05) is 12.5 Å². The van der Waals surface area contributed by atoms with Crippen LogP contribution >= 0.6 is 11.6 Å². The van der Waals surface area contributed by atoms with E-state index in [9.17, 15) is 4.39 Å². The van der Waals surface area contributed by atoms with Gasteiger partial charge in [-0.25, -0.2) is 13.9 Å². The monoisotopic (exact) mass is 261 g/mol. The fraction of sp³-hybridized carbons (Fsp3) is 0.0769. The largest absolute Gasteiger partial charge is 0.233 e. The van der Waals surface area contributed by atoms with Gasteiger partial charge in [-0.3, -0.25) is 0 Å². The Balaban J connectivity index is 1.97. The molecule has 3 nitrogen and oxygen atoms in total. The molecule has 3 aromatic rings. The van der Waals surface area contributed by atoms with Crippen molar-refractivity contribution in [3.05, 3.63) is 64.8 Å². The first-order chi connectivity index (χ1) is 8.72. The molecule has 90 valence electrons. The normalized spacial score (nSPS) is 11.0. The average molecular weight is 262 g/mol. The quantitative estimate of drug-likeness (QED) is 0.664. The zero-order valence-electron chi connectivity index (χ0n) is 9.35. The lowest BCUT2D eigenvalue weighted by Crippen LogP contribution is -1.98. The van der Waals surface area contributed by atoms with Crippen LogP contribution in [0.1, 0.15) is 11.3 Å². The number of aromatic nitrogens is 3. The van der Waals surface area contributed by atoms with Crippen LogP contribution in [0.3, 0.4) is 0 Å². The molecule has 0 fully saturated rings. The van der Waals surface area contributed by atoms with Crippen LogP contribution in [0.4, 0.5) is 4.39 Å². The SMILES string of the molecule is Fc1ccc(Cc2cc(Cl)n3nccc3n2)cc1. The van der Waals surface area contributed by atoms with E-state index in [0.29, 0.717) is 17.2 Å². The van der Waals surface area contributed by atoms with Crippen LogP contribution in [-0.2, 0) is 6.42 Å². The Morgan fingerprint density at radius 2 is 1.94 bits per heavy atom. The molecule has 3 rings (SSSR count). The van der Waals surface area contributed by atoms with E-state index in [2.05, 4.69) is 10.1 Å². The van der Waals surface area contributed by atoms with Crippen molar-refractivity contribution in [1.82, 2.24) is 14.6 Å². The molecule has 0 saturated carbocycles. The summed E-state index contributed by atoms with van der Waals surface area (Å²) in [7, 11) is 0. The Morgan fingerprint density at radius 3 is 2.72 bits per heavy atom. The predicted octanol–water partition coefficient (Wildman–Crippen LogP) is 3.11. The van der Waals surface area contributed by atoms with Gasteiger partial charge in [0.1, 0.15) is 11.0 Å². The van der Waals surface area contributed by atoms with Gasteiger partial charge in [0.05, 0.1) is 11.9 Å². The van der Waals surface area contributed by atoms with Crippen molar-refractivity contribution in [3.8, 4) is 0 Å². The molecule has 0 amide bonds. The van der Waals surface area contributed by atoms with Crippen LogP contribution in [0.25, 0.3) is 5.65 Å². The third kappa shape index (κ3) is 2.07. The maximum absolute atomic E-state index is 12.8. The molecule has 0 N–H and O–H groups in total. The maximum atomic E-state index is 12.8. The topological polar surface area (TPSA) is 30.2 Å². The van der Waals surface area contributed by atoms with Gasteiger partial charge in [-0.2, -0.15) is 5.10 Å². The summed E-state index contributed by atoms with van der Waals surface area (Å²) >= 11 is 6.10. The van der Waals surface area contributed by atoms with E-state index >= 15 is 0 Å². The average Bonchev–Trinajstić information content (AvgIpc) is 2.81. The highest BCUT2D eigenvalue weighted by atomic mass is 35.5. The minimum absolute atomic E-state index is 0.240. The van der Waals surface area contributed by atoms with E-state index in [4.69, 9.17) is 11.6 Å². The van der Waals surface area contributed by atoms with Gasteiger partial charge in [-0.05, 0) is 23.8 Å². The Labute approximate surface area is 108 Å². The number of halogens is 2. The van der Waals surface area contributed by atoms with Gasteiger partial charge in [0.25, 0.3) is 0 Å². The predicted molar refractivity (Wildman–Crippen MR) is 67.2 cm³/mol. The number of fused-ring (bicyclic) bond motifs is 1. The molecule has 0 radical (unpaired) electrons. The highest BCUT2D eigenvalue weighted by Gasteiger charge is 2.05. The summed E-state index contributed by atoms with van der Waals surface area (Å²) in [6.07, 6.45) is 2.26. The molecule has 5 heteroatoms. The third-order valence-corrected chi connectivity index (χ3v) is 2.94. The smallest absolute Gasteiger partial charge is 0.156 e. The van der Waals surface area contributed by atoms with Crippen molar-refractivity contribution in [2.45, 2.75) is 6.42 Å². The van der Waals surface area contributed by atoms with E-state index in [1.54, 1.807) is 35.0 Å². The van der Waals surface area contributed by atoms with Gasteiger partial charge in [-0.15, -0.1) is 0 Å². The molecule has 2 heterocycles. The molecule has 0 unspecified atom stereocenters. The second-order valence-corrected chi connectivity index (χ2v) is 4.36. The molecule has 1 aromatic carbocycles. The van der Waals surface area contributed by atoms with Gasteiger partial charge in [0.15, 0.2) is 5.65 Å². The second-order valence-electron chi connectivity index (χ2n) is 3.97. The number of hydrogen-bond acceptors (Lipinski definition) is 2. The zero-order valence-corrected chi connectivity index (χ0v) is 10.1. The molecule has 2 aromatic heterocycles. The van der Waals surface area contributed by atoms with Crippen molar-refractivity contribution in [2.75, 3.05) is 0 Å². The summed E-state index contributed by atoms with van der Waals surface area (Å²) in [4.78, 5) is 4.44. The van der Waals surface area contributed by atoms with Gasteiger partial charge in [-0.1, -0.05) is 23.7 Å². The van der Waals surface area contributed by atoms with Crippen LogP contribution in [0, 0.1) is 5.82 Å². The number of hydrogen-bond donors (Lipinski definition) is 0. The standard InChI is InChI=1S/C13H9ClFN3/c14-12-8-11(17-13-5-6-16-18(12)13)7-9-1-3-10(15)4-2-9/h1-6,8H,7H2. The van der Waals surface area contributed by atoms with Crippen molar-refractivity contribution >= 4 is 17.2 Å². The molecule has 0 aliphatic heterocycles. The van der Waals surface area contributed by atoms with Crippen LogP contribution in [-0.4, -0.2) is 14.6 Å². The van der Waals surface area contributed by atoms with E-state index < -0.39 is 0 Å². The number of nitrogens with zero attached hydrogens (tertiary/aromatic N) is 3. The Kier molecular flexibility index (Phi) is 2.72. The summed E-state index contributed by atoms with van der Waals surface area (Å²) in [5, 5.41) is 4.57. The van der Waals surface area contributed by atoms with Gasteiger partial charge in [0.2, 0.25) is 0 Å². The summed E-state index contributed by atoms with van der Waals surface area (Å²) in [6.45, 7) is 0. The summed E-state index contributed by atoms with van der Waals surface area (Å²) in [5.74, 6) is -0.240. The maximum Gasteiger partial charge on any atom is 0.156 e. The summed E-state index contributed by atoms with van der Waals surface area (Å²) < 4.78 is 14.4. The molecule has 0 aliphatic rings. The zero-order chi connectivity index (χ0) is 12.5. The van der Waals surface area contributed by atoms with E-state index in [0.717, 1.165) is 11.3 Å². The fourth-order valence-corrected chi connectivity index (χ4v) is 2.08. The summed E-state index contributed by atoms with van der Waals surface area (Å²) in [6, 6.07) is 9.92.